The number of piperidine rings is 1. The van der Waals surface area contributed by atoms with Gasteiger partial charge in [-0.3, -0.25) is 0 Å². The largest absolute Gasteiger partial charge is 0.393 e. The Balaban J connectivity index is 1.79. The molecule has 2 saturated heterocycles. The summed E-state index contributed by atoms with van der Waals surface area (Å²) in [6, 6.07) is 0. The summed E-state index contributed by atoms with van der Waals surface area (Å²) in [5.41, 5.74) is 5.50. The van der Waals surface area contributed by atoms with Crippen molar-refractivity contribution >= 4 is 0 Å². The van der Waals surface area contributed by atoms with E-state index in [1.54, 1.807) is 0 Å². The van der Waals surface area contributed by atoms with Crippen molar-refractivity contribution in [1.29, 1.82) is 0 Å². The minimum Gasteiger partial charge on any atom is -0.393 e. The molecule has 0 amide bonds. The van der Waals surface area contributed by atoms with Crippen LogP contribution < -0.4 is 5.73 Å². The fourth-order valence-electron chi connectivity index (χ4n) is 2.85. The van der Waals surface area contributed by atoms with E-state index < -0.39 is 0 Å². The zero-order valence-electron chi connectivity index (χ0n) is 10.0. The Bertz CT molecular complexity index is 215. The Labute approximate surface area is 97.7 Å². The van der Waals surface area contributed by atoms with Crippen LogP contribution in [-0.4, -0.2) is 54.5 Å². The number of aliphatic hydroxyl groups excluding tert-OH is 1. The maximum absolute atomic E-state index is 9.72. The summed E-state index contributed by atoms with van der Waals surface area (Å²) in [7, 11) is 0. The molecular formula is C12H24N2O2. The van der Waals surface area contributed by atoms with Crippen LogP contribution in [0, 0.1) is 0 Å². The minimum atomic E-state index is -0.149. The second-order valence-electron chi connectivity index (χ2n) is 5.16. The van der Waals surface area contributed by atoms with Crippen molar-refractivity contribution in [2.75, 3.05) is 32.8 Å². The molecule has 2 aliphatic rings. The molecule has 4 heteroatoms. The molecule has 0 aromatic heterocycles. The van der Waals surface area contributed by atoms with Gasteiger partial charge in [0.25, 0.3) is 0 Å². The van der Waals surface area contributed by atoms with E-state index in [1.165, 1.54) is 0 Å². The van der Waals surface area contributed by atoms with E-state index in [4.69, 9.17) is 10.5 Å². The SMILES string of the molecule is NCCCN1CCC2(CC1)C[C@@H](O)CCO2. The molecule has 2 aliphatic heterocycles. The molecule has 0 radical (unpaired) electrons. The summed E-state index contributed by atoms with van der Waals surface area (Å²) in [6.07, 6.45) is 4.69. The average molecular weight is 228 g/mol. The summed E-state index contributed by atoms with van der Waals surface area (Å²) in [5, 5.41) is 9.72. The molecule has 2 fully saturated rings. The van der Waals surface area contributed by atoms with E-state index in [0.29, 0.717) is 0 Å². The first kappa shape index (κ1) is 12.3. The van der Waals surface area contributed by atoms with Crippen molar-refractivity contribution in [2.45, 2.75) is 43.8 Å². The van der Waals surface area contributed by atoms with Gasteiger partial charge in [-0.1, -0.05) is 0 Å². The normalized spacial score (nSPS) is 30.8. The number of likely N-dealkylation sites (tertiary alicyclic amines) is 1. The number of rotatable bonds is 3. The number of hydrogen-bond donors (Lipinski definition) is 2. The van der Waals surface area contributed by atoms with Crippen LogP contribution in [-0.2, 0) is 4.74 Å². The lowest BCUT2D eigenvalue weighted by Crippen LogP contribution is -2.50. The van der Waals surface area contributed by atoms with Crippen molar-refractivity contribution in [3.63, 3.8) is 0 Å². The third-order valence-electron chi connectivity index (χ3n) is 3.91. The number of ether oxygens (including phenoxy) is 1. The van der Waals surface area contributed by atoms with Crippen LogP contribution in [0.25, 0.3) is 0 Å². The van der Waals surface area contributed by atoms with Crippen LogP contribution >= 0.6 is 0 Å². The number of hydrogen-bond acceptors (Lipinski definition) is 4. The monoisotopic (exact) mass is 228 g/mol. The van der Waals surface area contributed by atoms with Gasteiger partial charge in [-0.05, 0) is 38.8 Å². The Morgan fingerprint density at radius 1 is 1.38 bits per heavy atom. The third-order valence-corrected chi connectivity index (χ3v) is 3.91. The molecule has 1 spiro atoms. The Morgan fingerprint density at radius 2 is 2.12 bits per heavy atom. The lowest BCUT2D eigenvalue weighted by Gasteiger charge is -2.45. The summed E-state index contributed by atoms with van der Waals surface area (Å²) >= 11 is 0. The number of nitrogens with two attached hydrogens (primary N) is 1. The molecule has 16 heavy (non-hydrogen) atoms. The molecule has 0 bridgehead atoms. The Hall–Kier alpha value is -0.160. The number of aliphatic hydroxyl groups is 1. The van der Waals surface area contributed by atoms with Crippen molar-refractivity contribution in [2.24, 2.45) is 5.73 Å². The first-order valence-corrected chi connectivity index (χ1v) is 6.49. The molecule has 0 aliphatic carbocycles. The van der Waals surface area contributed by atoms with E-state index in [1.807, 2.05) is 0 Å². The van der Waals surface area contributed by atoms with Gasteiger partial charge in [-0.15, -0.1) is 0 Å². The van der Waals surface area contributed by atoms with E-state index in [-0.39, 0.29) is 11.7 Å². The molecular weight excluding hydrogens is 204 g/mol. The average Bonchev–Trinajstić information content (AvgIpc) is 2.28. The van der Waals surface area contributed by atoms with Crippen LogP contribution in [0.2, 0.25) is 0 Å². The molecule has 2 rings (SSSR count). The first-order chi connectivity index (χ1) is 7.74. The molecule has 0 aromatic carbocycles. The highest BCUT2D eigenvalue weighted by atomic mass is 16.5. The van der Waals surface area contributed by atoms with Crippen LogP contribution in [0.5, 0.6) is 0 Å². The predicted octanol–water partition coefficient (Wildman–Crippen LogP) is 0.341. The molecule has 4 nitrogen and oxygen atoms in total. The van der Waals surface area contributed by atoms with Gasteiger partial charge in [0, 0.05) is 26.1 Å². The van der Waals surface area contributed by atoms with Crippen molar-refractivity contribution in [3.05, 3.63) is 0 Å². The van der Waals surface area contributed by atoms with Crippen LogP contribution in [0.3, 0.4) is 0 Å². The van der Waals surface area contributed by atoms with Gasteiger partial charge in [0.1, 0.15) is 0 Å². The lowest BCUT2D eigenvalue weighted by molar-refractivity contribution is -0.142. The highest BCUT2D eigenvalue weighted by molar-refractivity contribution is 4.92. The van der Waals surface area contributed by atoms with Crippen molar-refractivity contribution in [1.82, 2.24) is 4.90 Å². The summed E-state index contributed by atoms with van der Waals surface area (Å²) in [5.74, 6) is 0. The standard InChI is InChI=1S/C12H24N2O2/c13-5-1-6-14-7-3-12(4-8-14)10-11(15)2-9-16-12/h11,15H,1-10,13H2/t11-/m0/s1. The van der Waals surface area contributed by atoms with Gasteiger partial charge < -0.3 is 20.5 Å². The van der Waals surface area contributed by atoms with Crippen LogP contribution in [0.1, 0.15) is 32.1 Å². The topological polar surface area (TPSA) is 58.7 Å². The van der Waals surface area contributed by atoms with E-state index in [9.17, 15) is 5.11 Å². The fourth-order valence-corrected chi connectivity index (χ4v) is 2.85. The molecule has 2 heterocycles. The Kier molecular flexibility index (Phi) is 4.19. The summed E-state index contributed by atoms with van der Waals surface area (Å²) in [6.45, 7) is 4.79. The quantitative estimate of drug-likeness (QED) is 0.731. The molecule has 1 atom stereocenters. The van der Waals surface area contributed by atoms with E-state index >= 15 is 0 Å². The molecule has 3 N–H and O–H groups in total. The molecule has 0 unspecified atom stereocenters. The molecule has 0 saturated carbocycles. The highest BCUT2D eigenvalue weighted by Gasteiger charge is 2.39. The zero-order valence-corrected chi connectivity index (χ0v) is 10.0. The molecule has 0 aromatic rings. The van der Waals surface area contributed by atoms with Gasteiger partial charge in [-0.2, -0.15) is 0 Å². The van der Waals surface area contributed by atoms with E-state index in [0.717, 1.165) is 64.9 Å². The summed E-state index contributed by atoms with van der Waals surface area (Å²) in [4.78, 5) is 2.46. The van der Waals surface area contributed by atoms with E-state index in [2.05, 4.69) is 4.90 Å². The smallest absolute Gasteiger partial charge is 0.0731 e. The van der Waals surface area contributed by atoms with Crippen LogP contribution in [0.4, 0.5) is 0 Å². The maximum atomic E-state index is 9.72. The second kappa shape index (κ2) is 5.45. The van der Waals surface area contributed by atoms with Crippen LogP contribution in [0.15, 0.2) is 0 Å². The maximum Gasteiger partial charge on any atom is 0.0731 e. The summed E-state index contributed by atoms with van der Waals surface area (Å²) < 4.78 is 5.92. The van der Waals surface area contributed by atoms with Gasteiger partial charge in [0.15, 0.2) is 0 Å². The highest BCUT2D eigenvalue weighted by Crippen LogP contribution is 2.34. The molecule has 94 valence electrons. The fraction of sp³-hybridized carbons (Fsp3) is 1.00. The predicted molar refractivity (Wildman–Crippen MR) is 63.3 cm³/mol. The number of nitrogens with zero attached hydrogens (tertiary/aromatic N) is 1. The second-order valence-corrected chi connectivity index (χ2v) is 5.16. The van der Waals surface area contributed by atoms with Gasteiger partial charge in [0.2, 0.25) is 0 Å². The minimum absolute atomic E-state index is 0.0170. The third kappa shape index (κ3) is 2.94. The van der Waals surface area contributed by atoms with Gasteiger partial charge in [0.05, 0.1) is 11.7 Å². The Morgan fingerprint density at radius 3 is 2.75 bits per heavy atom. The zero-order chi connectivity index (χ0) is 11.4. The van der Waals surface area contributed by atoms with Crippen molar-refractivity contribution < 1.29 is 9.84 Å². The first-order valence-electron chi connectivity index (χ1n) is 6.49. The lowest BCUT2D eigenvalue weighted by atomic mass is 9.83. The van der Waals surface area contributed by atoms with Gasteiger partial charge >= 0.3 is 0 Å². The van der Waals surface area contributed by atoms with Crippen molar-refractivity contribution in [3.8, 4) is 0 Å². The van der Waals surface area contributed by atoms with Gasteiger partial charge in [-0.25, -0.2) is 0 Å².